The second kappa shape index (κ2) is 10.8. The molecule has 14 heteroatoms. The molecule has 3 aromatic rings. The number of hydrogen-bond donors (Lipinski definition) is 2. The van der Waals surface area contributed by atoms with E-state index in [1.165, 1.54) is 24.6 Å². The second-order valence-electron chi connectivity index (χ2n) is 7.18. The highest BCUT2D eigenvalue weighted by atomic mass is 35.5. The van der Waals surface area contributed by atoms with Crippen molar-refractivity contribution in [3.8, 4) is 11.5 Å². The van der Waals surface area contributed by atoms with Crippen LogP contribution in [-0.4, -0.2) is 32.9 Å². The summed E-state index contributed by atoms with van der Waals surface area (Å²) >= 11 is 6.49. The Kier molecular flexibility index (Phi) is 8.23. The molecule has 0 radical (unpaired) electrons. The van der Waals surface area contributed by atoms with E-state index in [0.29, 0.717) is 16.9 Å². The van der Waals surface area contributed by atoms with Crippen LogP contribution in [0.3, 0.4) is 0 Å². The molecule has 188 valence electrons. The quantitative estimate of drug-likeness (QED) is 0.122. The molecule has 0 bridgehead atoms. The van der Waals surface area contributed by atoms with Gasteiger partial charge < -0.3 is 4.74 Å². The number of aliphatic imine (C=N–C) groups is 1. The number of nitrogens with one attached hydrogen (secondary N) is 1. The zero-order chi connectivity index (χ0) is 25.8. The molecule has 0 saturated heterocycles. The van der Waals surface area contributed by atoms with Gasteiger partial charge >= 0.3 is 12.4 Å². The van der Waals surface area contributed by atoms with Gasteiger partial charge in [0, 0.05) is 5.88 Å². The molecule has 0 unspecified atom stereocenters. The van der Waals surface area contributed by atoms with Crippen molar-refractivity contribution in [3.63, 3.8) is 0 Å². The van der Waals surface area contributed by atoms with Crippen LogP contribution in [0.15, 0.2) is 46.9 Å². The predicted octanol–water partition coefficient (Wildman–Crippen LogP) is 6.25. The van der Waals surface area contributed by atoms with E-state index in [-0.39, 0.29) is 41.2 Å². The van der Waals surface area contributed by atoms with Crippen molar-refractivity contribution >= 4 is 28.8 Å². The van der Waals surface area contributed by atoms with Gasteiger partial charge in [-0.05, 0) is 48.6 Å². The maximum Gasteiger partial charge on any atom is 0.425 e. The number of alkyl halides is 7. The highest BCUT2D eigenvalue weighted by Crippen LogP contribution is 2.35. The van der Waals surface area contributed by atoms with Crippen molar-refractivity contribution in [2.75, 3.05) is 5.88 Å². The summed E-state index contributed by atoms with van der Waals surface area (Å²) < 4.78 is 83.3. The Hall–Kier alpha value is -2.90. The van der Waals surface area contributed by atoms with E-state index in [1.54, 1.807) is 0 Å². The number of thiophene rings is 1. The van der Waals surface area contributed by atoms with E-state index in [2.05, 4.69) is 15.0 Å². The largest absolute Gasteiger partial charge is 0.453 e. The summed E-state index contributed by atoms with van der Waals surface area (Å²) in [6, 6.07) is 4.32. The smallest absolute Gasteiger partial charge is 0.425 e. The van der Waals surface area contributed by atoms with Gasteiger partial charge in [-0.1, -0.05) is 6.07 Å². The normalized spacial score (nSPS) is 13.6. The first-order valence-electron chi connectivity index (χ1n) is 9.78. The average molecular weight is 539 g/mol. The molecule has 0 aliphatic carbocycles. The summed E-state index contributed by atoms with van der Waals surface area (Å²) in [5.74, 6) is -0.434. The third-order valence-electron chi connectivity index (χ3n) is 4.49. The Bertz CT molecular complexity index is 1200. The molecule has 0 amide bonds. The van der Waals surface area contributed by atoms with E-state index < -0.39 is 28.8 Å². The van der Waals surface area contributed by atoms with Crippen LogP contribution in [0.2, 0.25) is 0 Å². The molecule has 2 N–H and O–H groups in total. The Morgan fingerprint density at radius 1 is 1.20 bits per heavy atom. The molecule has 1 aromatic carbocycles. The summed E-state index contributed by atoms with van der Waals surface area (Å²) in [7, 11) is 0. The Labute approximate surface area is 204 Å². The molecule has 6 nitrogen and oxygen atoms in total. The number of hydrogen-bond acceptors (Lipinski definition) is 6. The highest BCUT2D eigenvalue weighted by molar-refractivity contribution is 7.10. The molecular formula is C21H17ClF6N4O2S. The minimum absolute atomic E-state index is 0.0230. The van der Waals surface area contributed by atoms with Gasteiger partial charge in [-0.25, -0.2) is 9.97 Å². The van der Waals surface area contributed by atoms with Crippen molar-refractivity contribution in [3.05, 3.63) is 69.4 Å². The zero-order valence-electron chi connectivity index (χ0n) is 17.8. The van der Waals surface area contributed by atoms with Crippen LogP contribution in [0.5, 0.6) is 11.5 Å². The lowest BCUT2D eigenvalue weighted by molar-refractivity contribution is -0.137. The SMILES string of the molecule is Cc1ncc(Oc2cccc(C(F)(F)F)c2)c(C(=N[C@@H](CCl)Cc2csc(C(F)(F)F)c2)NO)n1. The van der Waals surface area contributed by atoms with E-state index in [0.717, 1.165) is 24.3 Å². The van der Waals surface area contributed by atoms with E-state index in [1.807, 2.05) is 5.48 Å². The predicted molar refractivity (Wildman–Crippen MR) is 117 cm³/mol. The maximum absolute atomic E-state index is 13.0. The van der Waals surface area contributed by atoms with Crippen molar-refractivity contribution in [2.45, 2.75) is 31.7 Å². The number of hydroxylamine groups is 1. The fourth-order valence-electron chi connectivity index (χ4n) is 2.93. The Morgan fingerprint density at radius 2 is 1.94 bits per heavy atom. The van der Waals surface area contributed by atoms with Crippen LogP contribution in [0.1, 0.15) is 27.5 Å². The number of halogens is 7. The average Bonchev–Trinajstić information content (AvgIpc) is 3.27. The van der Waals surface area contributed by atoms with Gasteiger partial charge in [0.25, 0.3) is 0 Å². The standard InChI is InChI=1S/C21H17ClF6N4O2S/c1-11-29-9-16(34-15-4-2-3-13(7-15)20(23,24)25)18(30-11)19(32-33)31-14(8-22)5-12-6-17(35-10-12)21(26,27)28/h2-4,6-7,9-10,14,33H,5,8H2,1H3,(H,31,32)/t14-/m1/s1. The molecule has 2 heterocycles. The lowest BCUT2D eigenvalue weighted by Gasteiger charge is -2.15. The highest BCUT2D eigenvalue weighted by Gasteiger charge is 2.33. The fraction of sp³-hybridized carbons (Fsp3) is 0.286. The number of amidine groups is 1. The molecule has 0 spiro atoms. The number of nitrogens with zero attached hydrogens (tertiary/aromatic N) is 3. The lowest BCUT2D eigenvalue weighted by Crippen LogP contribution is -2.26. The summed E-state index contributed by atoms with van der Waals surface area (Å²) in [6.07, 6.45) is -7.86. The second-order valence-corrected chi connectivity index (χ2v) is 8.40. The fourth-order valence-corrected chi connectivity index (χ4v) is 3.90. The third kappa shape index (κ3) is 7.05. The molecule has 0 aliphatic heterocycles. The summed E-state index contributed by atoms with van der Waals surface area (Å²) in [4.78, 5) is 11.6. The molecular weight excluding hydrogens is 522 g/mol. The van der Waals surface area contributed by atoms with E-state index in [4.69, 9.17) is 16.3 Å². The molecule has 0 saturated carbocycles. The molecule has 35 heavy (non-hydrogen) atoms. The van der Waals surface area contributed by atoms with E-state index >= 15 is 0 Å². The van der Waals surface area contributed by atoms with Crippen molar-refractivity contribution in [1.29, 1.82) is 0 Å². The third-order valence-corrected chi connectivity index (χ3v) is 5.87. The Balaban J connectivity index is 1.91. The lowest BCUT2D eigenvalue weighted by atomic mass is 10.1. The van der Waals surface area contributed by atoms with Crippen molar-refractivity contribution in [2.24, 2.45) is 4.99 Å². The minimum Gasteiger partial charge on any atom is -0.453 e. The first-order valence-corrected chi connectivity index (χ1v) is 11.2. The van der Waals surface area contributed by atoms with Gasteiger partial charge in [-0.2, -0.15) is 26.3 Å². The van der Waals surface area contributed by atoms with Gasteiger partial charge in [-0.3, -0.25) is 15.7 Å². The molecule has 0 aliphatic rings. The monoisotopic (exact) mass is 538 g/mol. The minimum atomic E-state index is -4.59. The number of benzene rings is 1. The Morgan fingerprint density at radius 3 is 2.54 bits per heavy atom. The zero-order valence-corrected chi connectivity index (χ0v) is 19.4. The van der Waals surface area contributed by atoms with Crippen LogP contribution in [0, 0.1) is 6.92 Å². The van der Waals surface area contributed by atoms with Gasteiger partial charge in [0.05, 0.1) is 17.8 Å². The van der Waals surface area contributed by atoms with Gasteiger partial charge in [-0.15, -0.1) is 22.9 Å². The summed E-state index contributed by atoms with van der Waals surface area (Å²) in [6.45, 7) is 1.52. The molecule has 1 atom stereocenters. The van der Waals surface area contributed by atoms with Gasteiger partial charge in [0.15, 0.2) is 17.3 Å². The van der Waals surface area contributed by atoms with Crippen LogP contribution < -0.4 is 10.2 Å². The van der Waals surface area contributed by atoms with Crippen molar-refractivity contribution in [1.82, 2.24) is 15.4 Å². The summed E-state index contributed by atoms with van der Waals surface area (Å²) in [5, 5.41) is 11.0. The number of aromatic nitrogens is 2. The molecule has 0 fully saturated rings. The number of ether oxygens (including phenoxy) is 1. The topological polar surface area (TPSA) is 79.6 Å². The first kappa shape index (κ1) is 26.7. The van der Waals surface area contributed by atoms with Crippen molar-refractivity contribution < 1.29 is 36.3 Å². The van der Waals surface area contributed by atoms with Crippen LogP contribution in [0.25, 0.3) is 0 Å². The van der Waals surface area contributed by atoms with Gasteiger partial charge in [0.1, 0.15) is 16.5 Å². The van der Waals surface area contributed by atoms with Crippen LogP contribution in [0.4, 0.5) is 26.3 Å². The molecule has 2 aromatic heterocycles. The number of rotatable bonds is 7. The van der Waals surface area contributed by atoms with E-state index in [9.17, 15) is 31.5 Å². The van der Waals surface area contributed by atoms with Crippen LogP contribution >= 0.6 is 22.9 Å². The maximum atomic E-state index is 13.0. The first-order chi connectivity index (χ1) is 16.4. The van der Waals surface area contributed by atoms with Crippen LogP contribution in [-0.2, 0) is 18.8 Å². The number of aryl methyl sites for hydroxylation is 1. The summed E-state index contributed by atoms with van der Waals surface area (Å²) in [5.41, 5.74) is 1.17. The molecule has 3 rings (SSSR count). The van der Waals surface area contributed by atoms with Gasteiger partial charge in [0.2, 0.25) is 0 Å².